The molecule has 96 valence electrons. The number of rotatable bonds is 2. The quantitative estimate of drug-likeness (QED) is 0.669. The van der Waals surface area contributed by atoms with Gasteiger partial charge in [-0.05, 0) is 24.3 Å². The Bertz CT molecular complexity index is 709. The number of nitrogens with zero attached hydrogens (tertiary/aromatic N) is 4. The molecule has 7 nitrogen and oxygen atoms in total. The Morgan fingerprint density at radius 1 is 1.16 bits per heavy atom. The first-order valence-electron chi connectivity index (χ1n) is 5.62. The number of aromatic nitrogens is 4. The number of nitrogens with two attached hydrogens (primary N) is 2. The van der Waals surface area contributed by atoms with Crippen LogP contribution in [0.3, 0.4) is 0 Å². The molecule has 0 saturated carbocycles. The van der Waals surface area contributed by atoms with E-state index in [9.17, 15) is 0 Å². The molecule has 2 heterocycles. The number of hydrogen-bond acceptors (Lipinski definition) is 6. The number of aryl methyl sites for hydroxylation is 1. The molecule has 0 unspecified atom stereocenters. The molecule has 3 rings (SSSR count). The first-order valence-corrected chi connectivity index (χ1v) is 5.62. The second-order valence-electron chi connectivity index (χ2n) is 4.19. The van der Waals surface area contributed by atoms with E-state index < -0.39 is 0 Å². The Balaban J connectivity index is 2.01. The van der Waals surface area contributed by atoms with Crippen molar-refractivity contribution in [3.8, 4) is 23.0 Å². The molecule has 0 spiro atoms. The molecule has 0 amide bonds. The van der Waals surface area contributed by atoms with Gasteiger partial charge in [0.15, 0.2) is 0 Å². The van der Waals surface area contributed by atoms with Gasteiger partial charge in [-0.3, -0.25) is 4.68 Å². The lowest BCUT2D eigenvalue weighted by Gasteiger charge is -1.99. The molecule has 0 atom stereocenters. The standard InChI is InChI=1S/C12H12N6O/c1-18-3-2-10(16-18)11-15-12(19-17-11)7-4-8(13)6-9(14)5-7/h2-6H,13-14H2,1H3. The zero-order valence-electron chi connectivity index (χ0n) is 10.2. The molecular formula is C12H12N6O. The van der Waals surface area contributed by atoms with Crippen LogP contribution in [0.2, 0.25) is 0 Å². The average molecular weight is 256 g/mol. The number of hydrogen-bond donors (Lipinski definition) is 2. The van der Waals surface area contributed by atoms with Gasteiger partial charge in [-0.2, -0.15) is 10.1 Å². The third kappa shape index (κ3) is 2.13. The summed E-state index contributed by atoms with van der Waals surface area (Å²) in [6.45, 7) is 0. The maximum Gasteiger partial charge on any atom is 0.258 e. The average Bonchev–Trinajstić information content (AvgIpc) is 2.95. The molecular weight excluding hydrogens is 244 g/mol. The van der Waals surface area contributed by atoms with Gasteiger partial charge in [-0.15, -0.1) is 0 Å². The number of nitrogen functional groups attached to an aromatic ring is 2. The van der Waals surface area contributed by atoms with E-state index in [1.807, 2.05) is 19.3 Å². The van der Waals surface area contributed by atoms with Gasteiger partial charge < -0.3 is 16.0 Å². The summed E-state index contributed by atoms with van der Waals surface area (Å²) < 4.78 is 6.87. The molecule has 0 aliphatic heterocycles. The van der Waals surface area contributed by atoms with Crippen LogP contribution in [0.15, 0.2) is 35.0 Å². The molecule has 1 aromatic carbocycles. The Hall–Kier alpha value is -2.83. The lowest BCUT2D eigenvalue weighted by atomic mass is 10.2. The van der Waals surface area contributed by atoms with Crippen LogP contribution >= 0.6 is 0 Å². The van der Waals surface area contributed by atoms with Crippen LogP contribution in [0.1, 0.15) is 0 Å². The van der Waals surface area contributed by atoms with Crippen molar-refractivity contribution in [2.75, 3.05) is 11.5 Å². The van der Waals surface area contributed by atoms with Crippen molar-refractivity contribution < 1.29 is 4.52 Å². The van der Waals surface area contributed by atoms with Crippen molar-refractivity contribution in [3.05, 3.63) is 30.5 Å². The number of anilines is 2. The Morgan fingerprint density at radius 3 is 2.53 bits per heavy atom. The third-order valence-electron chi connectivity index (χ3n) is 2.59. The molecule has 0 saturated heterocycles. The van der Waals surface area contributed by atoms with Crippen LogP contribution < -0.4 is 11.5 Å². The van der Waals surface area contributed by atoms with Crippen LogP contribution in [0.5, 0.6) is 0 Å². The molecule has 4 N–H and O–H groups in total. The van der Waals surface area contributed by atoms with E-state index in [-0.39, 0.29) is 0 Å². The number of benzene rings is 1. The van der Waals surface area contributed by atoms with Gasteiger partial charge in [0, 0.05) is 30.2 Å². The Kier molecular flexibility index (Phi) is 2.45. The van der Waals surface area contributed by atoms with Crippen molar-refractivity contribution in [3.63, 3.8) is 0 Å². The van der Waals surface area contributed by atoms with E-state index in [4.69, 9.17) is 16.0 Å². The molecule has 0 fully saturated rings. The highest BCUT2D eigenvalue weighted by Crippen LogP contribution is 2.25. The summed E-state index contributed by atoms with van der Waals surface area (Å²) in [5.41, 5.74) is 13.9. The second-order valence-corrected chi connectivity index (χ2v) is 4.19. The zero-order valence-corrected chi connectivity index (χ0v) is 10.2. The lowest BCUT2D eigenvalue weighted by molar-refractivity contribution is 0.432. The molecule has 0 aliphatic rings. The predicted molar refractivity (Wildman–Crippen MR) is 70.8 cm³/mol. The maximum atomic E-state index is 5.73. The molecule has 2 aromatic heterocycles. The first-order chi connectivity index (χ1) is 9.11. The lowest BCUT2D eigenvalue weighted by Crippen LogP contribution is -1.91. The van der Waals surface area contributed by atoms with E-state index in [0.29, 0.717) is 34.3 Å². The largest absolute Gasteiger partial charge is 0.399 e. The fourth-order valence-corrected chi connectivity index (χ4v) is 1.78. The normalized spacial score (nSPS) is 10.8. The summed E-state index contributed by atoms with van der Waals surface area (Å²) >= 11 is 0. The molecule has 3 aromatic rings. The van der Waals surface area contributed by atoms with Gasteiger partial charge in [-0.1, -0.05) is 5.16 Å². The summed E-state index contributed by atoms with van der Waals surface area (Å²) in [5.74, 6) is 0.788. The third-order valence-corrected chi connectivity index (χ3v) is 2.59. The van der Waals surface area contributed by atoms with Gasteiger partial charge in [0.1, 0.15) is 5.69 Å². The topological polar surface area (TPSA) is 109 Å². The van der Waals surface area contributed by atoms with Crippen LogP contribution in [-0.4, -0.2) is 19.9 Å². The monoisotopic (exact) mass is 256 g/mol. The van der Waals surface area contributed by atoms with Gasteiger partial charge in [0.05, 0.1) is 0 Å². The van der Waals surface area contributed by atoms with Crippen molar-refractivity contribution in [2.45, 2.75) is 0 Å². The van der Waals surface area contributed by atoms with E-state index in [0.717, 1.165) is 0 Å². The smallest absolute Gasteiger partial charge is 0.258 e. The van der Waals surface area contributed by atoms with Gasteiger partial charge in [0.25, 0.3) is 5.89 Å². The van der Waals surface area contributed by atoms with E-state index >= 15 is 0 Å². The summed E-state index contributed by atoms with van der Waals surface area (Å²) in [4.78, 5) is 4.28. The molecule has 0 radical (unpaired) electrons. The Labute approximate surface area is 108 Å². The maximum absolute atomic E-state index is 5.73. The first kappa shape index (κ1) is 11.3. The highest BCUT2D eigenvalue weighted by atomic mass is 16.5. The molecule has 0 aliphatic carbocycles. The van der Waals surface area contributed by atoms with Crippen LogP contribution in [0.4, 0.5) is 11.4 Å². The van der Waals surface area contributed by atoms with Gasteiger partial charge in [0.2, 0.25) is 5.82 Å². The highest BCUT2D eigenvalue weighted by molar-refractivity contribution is 5.68. The van der Waals surface area contributed by atoms with Crippen LogP contribution in [0.25, 0.3) is 23.0 Å². The van der Waals surface area contributed by atoms with Crippen molar-refractivity contribution in [2.24, 2.45) is 7.05 Å². The van der Waals surface area contributed by atoms with Crippen molar-refractivity contribution in [1.82, 2.24) is 19.9 Å². The Morgan fingerprint density at radius 2 is 1.89 bits per heavy atom. The zero-order chi connectivity index (χ0) is 13.4. The van der Waals surface area contributed by atoms with Crippen molar-refractivity contribution in [1.29, 1.82) is 0 Å². The van der Waals surface area contributed by atoms with Gasteiger partial charge in [-0.25, -0.2) is 0 Å². The summed E-state index contributed by atoms with van der Waals surface area (Å²) in [5, 5.41) is 8.10. The van der Waals surface area contributed by atoms with E-state index in [2.05, 4.69) is 15.2 Å². The minimum Gasteiger partial charge on any atom is -0.399 e. The van der Waals surface area contributed by atoms with Gasteiger partial charge >= 0.3 is 0 Å². The fraction of sp³-hybridized carbons (Fsp3) is 0.0833. The summed E-state index contributed by atoms with van der Waals surface area (Å²) in [6.07, 6.45) is 1.81. The van der Waals surface area contributed by atoms with Crippen molar-refractivity contribution >= 4 is 11.4 Å². The summed E-state index contributed by atoms with van der Waals surface area (Å²) in [6, 6.07) is 6.93. The minimum absolute atomic E-state index is 0.361. The van der Waals surface area contributed by atoms with E-state index in [1.165, 1.54) is 0 Å². The highest BCUT2D eigenvalue weighted by Gasteiger charge is 2.13. The predicted octanol–water partition coefficient (Wildman–Crippen LogP) is 1.30. The molecule has 0 bridgehead atoms. The fourth-order valence-electron chi connectivity index (χ4n) is 1.78. The molecule has 19 heavy (non-hydrogen) atoms. The van der Waals surface area contributed by atoms with E-state index in [1.54, 1.807) is 22.9 Å². The summed E-state index contributed by atoms with van der Waals surface area (Å²) in [7, 11) is 1.82. The minimum atomic E-state index is 0.361. The molecule has 7 heteroatoms. The SMILES string of the molecule is Cn1ccc(-c2noc(-c3cc(N)cc(N)c3)n2)n1. The van der Waals surface area contributed by atoms with Crippen LogP contribution in [0, 0.1) is 0 Å². The second kappa shape index (κ2) is 4.13. The van der Waals surface area contributed by atoms with Crippen LogP contribution in [-0.2, 0) is 7.05 Å².